The highest BCUT2D eigenvalue weighted by Gasteiger charge is 2.24. The molecule has 26 heavy (non-hydrogen) atoms. The van der Waals surface area contributed by atoms with Gasteiger partial charge in [0.2, 0.25) is 5.91 Å². The average molecular weight is 408 g/mol. The Balaban J connectivity index is 0.00000312. The molecule has 1 fully saturated rings. The maximum Gasteiger partial charge on any atom is 0.234 e. The largest absolute Gasteiger partial charge is 0.497 e. The summed E-state index contributed by atoms with van der Waals surface area (Å²) in [6, 6.07) is 8.31. The van der Waals surface area contributed by atoms with Crippen LogP contribution >= 0.6 is 24.8 Å². The van der Waals surface area contributed by atoms with Crippen LogP contribution in [-0.2, 0) is 9.53 Å². The highest BCUT2D eigenvalue weighted by atomic mass is 35.5. The van der Waals surface area contributed by atoms with Crippen LogP contribution < -0.4 is 15.4 Å². The Morgan fingerprint density at radius 1 is 1.23 bits per heavy atom. The predicted octanol–water partition coefficient (Wildman–Crippen LogP) is 2.03. The Morgan fingerprint density at radius 2 is 1.96 bits per heavy atom. The van der Waals surface area contributed by atoms with Crippen molar-refractivity contribution in [2.24, 2.45) is 0 Å². The van der Waals surface area contributed by atoms with Crippen molar-refractivity contribution in [1.29, 1.82) is 0 Å². The smallest absolute Gasteiger partial charge is 0.234 e. The Labute approximate surface area is 168 Å². The number of amides is 1. The minimum atomic E-state index is 0. The number of halogens is 2. The van der Waals surface area contributed by atoms with Gasteiger partial charge in [-0.15, -0.1) is 24.8 Å². The fourth-order valence-corrected chi connectivity index (χ4v) is 3.01. The summed E-state index contributed by atoms with van der Waals surface area (Å²) >= 11 is 0. The molecule has 1 aromatic carbocycles. The highest BCUT2D eigenvalue weighted by molar-refractivity contribution is 5.85. The summed E-state index contributed by atoms with van der Waals surface area (Å²) in [5.41, 5.74) is 1.18. The summed E-state index contributed by atoms with van der Waals surface area (Å²) < 4.78 is 10.3. The van der Waals surface area contributed by atoms with E-state index in [2.05, 4.69) is 27.7 Å². The van der Waals surface area contributed by atoms with Gasteiger partial charge in [-0.2, -0.15) is 0 Å². The second-order valence-electron chi connectivity index (χ2n) is 6.01. The average Bonchev–Trinajstić information content (AvgIpc) is 3.13. The van der Waals surface area contributed by atoms with Gasteiger partial charge in [0.1, 0.15) is 5.75 Å². The maximum absolute atomic E-state index is 12.0. The summed E-state index contributed by atoms with van der Waals surface area (Å²) in [7, 11) is 3.33. The van der Waals surface area contributed by atoms with Gasteiger partial charge in [-0.05, 0) is 43.6 Å². The number of hydrogen-bond donors (Lipinski definition) is 2. The maximum atomic E-state index is 12.0. The van der Waals surface area contributed by atoms with E-state index in [4.69, 9.17) is 9.47 Å². The Hall–Kier alpha value is -1.05. The fraction of sp³-hybridized carbons (Fsp3) is 0.611. The number of benzene rings is 1. The molecule has 1 atom stereocenters. The van der Waals surface area contributed by atoms with E-state index in [0.29, 0.717) is 26.2 Å². The molecule has 1 unspecified atom stereocenters. The summed E-state index contributed by atoms with van der Waals surface area (Å²) in [4.78, 5) is 14.5. The van der Waals surface area contributed by atoms with E-state index in [0.717, 1.165) is 18.8 Å². The molecule has 6 nitrogen and oxygen atoms in total. The second-order valence-corrected chi connectivity index (χ2v) is 6.01. The van der Waals surface area contributed by atoms with Gasteiger partial charge in [0.05, 0.1) is 26.3 Å². The molecule has 1 aliphatic rings. The molecule has 1 aliphatic heterocycles. The Morgan fingerprint density at radius 3 is 2.62 bits per heavy atom. The molecule has 1 aromatic rings. The van der Waals surface area contributed by atoms with Crippen LogP contribution in [0.4, 0.5) is 0 Å². The summed E-state index contributed by atoms with van der Waals surface area (Å²) in [6.07, 6.45) is 2.43. The van der Waals surface area contributed by atoms with Gasteiger partial charge in [0.25, 0.3) is 0 Å². The van der Waals surface area contributed by atoms with Crippen LogP contribution in [0.1, 0.15) is 24.4 Å². The van der Waals surface area contributed by atoms with Crippen molar-refractivity contribution < 1.29 is 14.3 Å². The third-order valence-corrected chi connectivity index (χ3v) is 4.32. The first kappa shape index (κ1) is 24.9. The third-order valence-electron chi connectivity index (χ3n) is 4.32. The van der Waals surface area contributed by atoms with E-state index in [-0.39, 0.29) is 36.8 Å². The molecule has 0 radical (unpaired) electrons. The number of methoxy groups -OCH3 is 2. The summed E-state index contributed by atoms with van der Waals surface area (Å²) in [5, 5.41) is 6.11. The van der Waals surface area contributed by atoms with Crippen molar-refractivity contribution in [2.75, 3.05) is 53.6 Å². The fourth-order valence-electron chi connectivity index (χ4n) is 3.01. The molecule has 1 saturated heterocycles. The zero-order valence-corrected chi connectivity index (χ0v) is 17.2. The van der Waals surface area contributed by atoms with Crippen molar-refractivity contribution in [3.8, 4) is 5.75 Å². The second kappa shape index (κ2) is 14.1. The number of carbonyl (C=O) groups is 1. The molecule has 8 heteroatoms. The lowest BCUT2D eigenvalue weighted by Crippen LogP contribution is -2.40. The molecule has 0 aliphatic carbocycles. The molecule has 0 saturated carbocycles. The van der Waals surface area contributed by atoms with Crippen molar-refractivity contribution >= 4 is 30.7 Å². The molecular weight excluding hydrogens is 377 g/mol. The van der Waals surface area contributed by atoms with E-state index in [9.17, 15) is 4.79 Å². The van der Waals surface area contributed by atoms with Gasteiger partial charge < -0.3 is 20.1 Å². The van der Waals surface area contributed by atoms with Crippen LogP contribution in [0.2, 0.25) is 0 Å². The molecular formula is C18H31Cl2N3O3. The van der Waals surface area contributed by atoms with Gasteiger partial charge in [-0.25, -0.2) is 0 Å². The zero-order valence-electron chi connectivity index (χ0n) is 15.5. The SMILES string of the molecule is COCCNCC(=O)NCC(c1cccc(OC)c1)N1CCCC1.Cl.Cl. The Bertz CT molecular complexity index is 514. The molecule has 2 N–H and O–H groups in total. The van der Waals surface area contributed by atoms with Crippen molar-refractivity contribution in [3.05, 3.63) is 29.8 Å². The number of nitrogens with zero attached hydrogens (tertiary/aromatic N) is 1. The standard InChI is InChI=1S/C18H29N3O3.2ClH/c1-23-11-8-19-14-18(22)20-13-17(21-9-3-4-10-21)15-6-5-7-16(12-15)24-2;;/h5-7,12,17,19H,3-4,8-11,13-14H2,1-2H3,(H,20,22);2*1H. The summed E-state index contributed by atoms with van der Waals surface area (Å²) in [6.45, 7) is 4.35. The van der Waals surface area contributed by atoms with Gasteiger partial charge in [0.15, 0.2) is 0 Å². The number of ether oxygens (including phenoxy) is 2. The molecule has 0 bridgehead atoms. The first-order chi connectivity index (χ1) is 11.7. The quantitative estimate of drug-likeness (QED) is 0.580. The van der Waals surface area contributed by atoms with Gasteiger partial charge in [0, 0.05) is 20.2 Å². The predicted molar refractivity (Wildman–Crippen MR) is 109 cm³/mol. The van der Waals surface area contributed by atoms with Crippen LogP contribution in [-0.4, -0.2) is 64.4 Å². The number of nitrogens with one attached hydrogen (secondary N) is 2. The molecule has 1 heterocycles. The topological polar surface area (TPSA) is 62.8 Å². The molecule has 1 amide bonds. The first-order valence-electron chi connectivity index (χ1n) is 8.59. The Kier molecular flexibility index (Phi) is 13.5. The van der Waals surface area contributed by atoms with Crippen LogP contribution in [0.25, 0.3) is 0 Å². The van der Waals surface area contributed by atoms with Crippen LogP contribution in [0.5, 0.6) is 5.75 Å². The van der Waals surface area contributed by atoms with E-state index in [1.807, 2.05) is 12.1 Å². The van der Waals surface area contributed by atoms with Crippen molar-refractivity contribution in [2.45, 2.75) is 18.9 Å². The highest BCUT2D eigenvalue weighted by Crippen LogP contribution is 2.27. The lowest BCUT2D eigenvalue weighted by atomic mass is 10.0. The minimum Gasteiger partial charge on any atom is -0.497 e. The first-order valence-corrected chi connectivity index (χ1v) is 8.59. The van der Waals surface area contributed by atoms with Crippen molar-refractivity contribution in [3.63, 3.8) is 0 Å². The van der Waals surface area contributed by atoms with E-state index in [1.54, 1.807) is 14.2 Å². The molecule has 2 rings (SSSR count). The number of carbonyl (C=O) groups excluding carboxylic acids is 1. The normalized spacial score (nSPS) is 14.8. The van der Waals surface area contributed by atoms with Gasteiger partial charge in [-0.3, -0.25) is 9.69 Å². The number of hydrogen-bond acceptors (Lipinski definition) is 5. The third kappa shape index (κ3) is 8.10. The summed E-state index contributed by atoms with van der Waals surface area (Å²) in [5.74, 6) is 0.863. The van der Waals surface area contributed by atoms with E-state index >= 15 is 0 Å². The number of likely N-dealkylation sites (tertiary alicyclic amines) is 1. The van der Waals surface area contributed by atoms with Crippen LogP contribution in [0.3, 0.4) is 0 Å². The van der Waals surface area contributed by atoms with Crippen LogP contribution in [0.15, 0.2) is 24.3 Å². The van der Waals surface area contributed by atoms with Gasteiger partial charge >= 0.3 is 0 Å². The van der Waals surface area contributed by atoms with E-state index < -0.39 is 0 Å². The lowest BCUT2D eigenvalue weighted by Gasteiger charge is -2.28. The molecule has 150 valence electrons. The molecule has 0 aromatic heterocycles. The monoisotopic (exact) mass is 407 g/mol. The minimum absolute atomic E-state index is 0. The number of rotatable bonds is 10. The molecule has 0 spiro atoms. The van der Waals surface area contributed by atoms with E-state index in [1.165, 1.54) is 18.4 Å². The van der Waals surface area contributed by atoms with Gasteiger partial charge in [-0.1, -0.05) is 12.1 Å². The van der Waals surface area contributed by atoms with Crippen LogP contribution in [0, 0.1) is 0 Å². The zero-order chi connectivity index (χ0) is 17.2. The van der Waals surface area contributed by atoms with Crippen molar-refractivity contribution in [1.82, 2.24) is 15.5 Å². The lowest BCUT2D eigenvalue weighted by molar-refractivity contribution is -0.120.